The van der Waals surface area contributed by atoms with Gasteiger partial charge in [0.2, 0.25) is 5.91 Å². The summed E-state index contributed by atoms with van der Waals surface area (Å²) in [5.41, 5.74) is 1.11. The van der Waals surface area contributed by atoms with E-state index in [0.29, 0.717) is 13.2 Å². The third kappa shape index (κ3) is 5.85. The Hall–Kier alpha value is -2.04. The number of methoxy groups -OCH3 is 1. The number of hydrogen-bond donors (Lipinski definition) is 0. The summed E-state index contributed by atoms with van der Waals surface area (Å²) >= 11 is 0. The third-order valence-corrected chi connectivity index (χ3v) is 3.15. The number of carbonyl (C=O) groups excluding carboxylic acids is 2. The average molecular weight is 293 g/mol. The molecule has 0 bridgehead atoms. The van der Waals surface area contributed by atoms with E-state index >= 15 is 0 Å². The van der Waals surface area contributed by atoms with Gasteiger partial charge >= 0.3 is 5.97 Å². The SMILES string of the molecule is COC(=O)C(C)CN(C)C(=O)CCOc1cccc(C)c1. The molecule has 0 N–H and O–H groups in total. The van der Waals surface area contributed by atoms with Crippen LogP contribution in [0.1, 0.15) is 18.9 Å². The van der Waals surface area contributed by atoms with Crippen LogP contribution in [0.4, 0.5) is 0 Å². The summed E-state index contributed by atoms with van der Waals surface area (Å²) in [6, 6.07) is 7.69. The highest BCUT2D eigenvalue weighted by atomic mass is 16.5. The molecule has 0 heterocycles. The first kappa shape index (κ1) is 17.0. The fourth-order valence-corrected chi connectivity index (χ4v) is 1.94. The largest absolute Gasteiger partial charge is 0.493 e. The van der Waals surface area contributed by atoms with E-state index in [4.69, 9.17) is 4.74 Å². The number of benzene rings is 1. The fraction of sp³-hybridized carbons (Fsp3) is 0.500. The topological polar surface area (TPSA) is 55.8 Å². The van der Waals surface area contributed by atoms with Crippen molar-refractivity contribution in [3.8, 4) is 5.75 Å². The van der Waals surface area contributed by atoms with Gasteiger partial charge in [-0.1, -0.05) is 19.1 Å². The van der Waals surface area contributed by atoms with Crippen molar-refractivity contribution in [3.05, 3.63) is 29.8 Å². The monoisotopic (exact) mass is 293 g/mol. The number of esters is 1. The zero-order chi connectivity index (χ0) is 15.8. The molecule has 0 saturated carbocycles. The smallest absolute Gasteiger partial charge is 0.310 e. The Bertz CT molecular complexity index is 487. The zero-order valence-electron chi connectivity index (χ0n) is 13.1. The summed E-state index contributed by atoms with van der Waals surface area (Å²) in [7, 11) is 3.02. The molecule has 0 aromatic heterocycles. The van der Waals surface area contributed by atoms with Crippen molar-refractivity contribution in [2.24, 2.45) is 5.92 Å². The maximum atomic E-state index is 11.9. The minimum absolute atomic E-state index is 0.0570. The highest BCUT2D eigenvalue weighted by Crippen LogP contribution is 2.12. The van der Waals surface area contributed by atoms with Crippen LogP contribution < -0.4 is 4.74 Å². The Balaban J connectivity index is 2.34. The van der Waals surface area contributed by atoms with Crippen molar-refractivity contribution in [1.29, 1.82) is 0 Å². The van der Waals surface area contributed by atoms with Crippen molar-refractivity contribution in [2.45, 2.75) is 20.3 Å². The summed E-state index contributed by atoms with van der Waals surface area (Å²) in [4.78, 5) is 24.8. The maximum Gasteiger partial charge on any atom is 0.310 e. The van der Waals surface area contributed by atoms with E-state index < -0.39 is 0 Å². The molecule has 1 atom stereocenters. The molecule has 1 aromatic rings. The lowest BCUT2D eigenvalue weighted by Gasteiger charge is -2.20. The van der Waals surface area contributed by atoms with Gasteiger partial charge in [-0.25, -0.2) is 0 Å². The molecule has 1 aromatic carbocycles. The first-order chi connectivity index (χ1) is 9.93. The Morgan fingerprint density at radius 2 is 2.05 bits per heavy atom. The van der Waals surface area contributed by atoms with Crippen molar-refractivity contribution in [1.82, 2.24) is 4.90 Å². The van der Waals surface area contributed by atoms with E-state index in [0.717, 1.165) is 11.3 Å². The van der Waals surface area contributed by atoms with E-state index in [1.807, 2.05) is 31.2 Å². The normalized spacial score (nSPS) is 11.6. The van der Waals surface area contributed by atoms with Crippen LogP contribution in [-0.4, -0.2) is 44.1 Å². The Labute approximate surface area is 125 Å². The van der Waals surface area contributed by atoms with Crippen molar-refractivity contribution in [3.63, 3.8) is 0 Å². The van der Waals surface area contributed by atoms with Gasteiger partial charge in [0.25, 0.3) is 0 Å². The van der Waals surface area contributed by atoms with Crippen LogP contribution in [0, 0.1) is 12.8 Å². The molecule has 116 valence electrons. The Kier molecular flexibility index (Phi) is 6.72. The second-order valence-corrected chi connectivity index (χ2v) is 5.11. The van der Waals surface area contributed by atoms with Gasteiger partial charge in [-0.3, -0.25) is 9.59 Å². The molecule has 1 rings (SSSR count). The molecule has 0 radical (unpaired) electrons. The number of nitrogens with zero attached hydrogens (tertiary/aromatic N) is 1. The van der Waals surface area contributed by atoms with Crippen LogP contribution in [-0.2, 0) is 14.3 Å². The van der Waals surface area contributed by atoms with Gasteiger partial charge in [-0.05, 0) is 24.6 Å². The van der Waals surface area contributed by atoms with Crippen molar-refractivity contribution in [2.75, 3.05) is 27.3 Å². The van der Waals surface area contributed by atoms with Crippen LogP contribution in [0.2, 0.25) is 0 Å². The fourth-order valence-electron chi connectivity index (χ4n) is 1.94. The quantitative estimate of drug-likeness (QED) is 0.722. The molecule has 21 heavy (non-hydrogen) atoms. The summed E-state index contributed by atoms with van der Waals surface area (Å²) in [6.45, 7) is 4.38. The van der Waals surface area contributed by atoms with Crippen LogP contribution in [0.15, 0.2) is 24.3 Å². The summed E-state index contributed by atoms with van der Waals surface area (Å²) < 4.78 is 10.2. The van der Waals surface area contributed by atoms with Crippen LogP contribution >= 0.6 is 0 Å². The molecule has 1 unspecified atom stereocenters. The van der Waals surface area contributed by atoms with Crippen molar-refractivity contribution >= 4 is 11.9 Å². The highest BCUT2D eigenvalue weighted by Gasteiger charge is 2.18. The summed E-state index contributed by atoms with van der Waals surface area (Å²) in [6.07, 6.45) is 0.276. The van der Waals surface area contributed by atoms with E-state index in [-0.39, 0.29) is 24.2 Å². The summed E-state index contributed by atoms with van der Waals surface area (Å²) in [5, 5.41) is 0. The molecule has 0 spiro atoms. The predicted octanol–water partition coefficient (Wildman–Crippen LogP) is 2.03. The second kappa shape index (κ2) is 8.29. The van der Waals surface area contributed by atoms with Gasteiger partial charge in [0.05, 0.1) is 26.1 Å². The first-order valence-corrected chi connectivity index (χ1v) is 6.95. The van der Waals surface area contributed by atoms with E-state index in [1.54, 1.807) is 14.0 Å². The number of rotatable bonds is 7. The lowest BCUT2D eigenvalue weighted by atomic mass is 10.1. The van der Waals surface area contributed by atoms with Crippen LogP contribution in [0.25, 0.3) is 0 Å². The first-order valence-electron chi connectivity index (χ1n) is 6.95. The predicted molar refractivity (Wildman–Crippen MR) is 80.1 cm³/mol. The highest BCUT2D eigenvalue weighted by molar-refractivity contribution is 5.77. The van der Waals surface area contributed by atoms with Crippen LogP contribution in [0.5, 0.6) is 5.75 Å². The molecule has 0 aliphatic heterocycles. The molecular weight excluding hydrogens is 270 g/mol. The average Bonchev–Trinajstić information content (AvgIpc) is 2.46. The molecular formula is C16H23NO4. The van der Waals surface area contributed by atoms with Crippen molar-refractivity contribution < 1.29 is 19.1 Å². The third-order valence-electron chi connectivity index (χ3n) is 3.15. The van der Waals surface area contributed by atoms with Gasteiger partial charge in [-0.15, -0.1) is 0 Å². The maximum absolute atomic E-state index is 11.9. The molecule has 5 heteroatoms. The number of aryl methyl sites for hydroxylation is 1. The lowest BCUT2D eigenvalue weighted by Crippen LogP contribution is -2.34. The van der Waals surface area contributed by atoms with E-state index in [1.165, 1.54) is 12.0 Å². The second-order valence-electron chi connectivity index (χ2n) is 5.11. The molecule has 1 amide bonds. The Morgan fingerprint density at radius 1 is 1.33 bits per heavy atom. The van der Waals surface area contributed by atoms with E-state index in [9.17, 15) is 9.59 Å². The molecule has 5 nitrogen and oxygen atoms in total. The summed E-state index contributed by atoms with van der Waals surface area (Å²) in [5.74, 6) is 0.0547. The van der Waals surface area contributed by atoms with Gasteiger partial charge in [0, 0.05) is 13.6 Å². The lowest BCUT2D eigenvalue weighted by molar-refractivity contribution is -0.146. The number of carbonyl (C=O) groups is 2. The van der Waals surface area contributed by atoms with Gasteiger partial charge in [0.1, 0.15) is 5.75 Å². The number of ether oxygens (including phenoxy) is 2. The number of amides is 1. The van der Waals surface area contributed by atoms with E-state index in [2.05, 4.69) is 4.74 Å². The molecule has 0 aliphatic carbocycles. The van der Waals surface area contributed by atoms with Gasteiger partial charge < -0.3 is 14.4 Å². The van der Waals surface area contributed by atoms with Gasteiger partial charge in [-0.2, -0.15) is 0 Å². The van der Waals surface area contributed by atoms with Crippen LogP contribution in [0.3, 0.4) is 0 Å². The number of hydrogen-bond acceptors (Lipinski definition) is 4. The Morgan fingerprint density at radius 3 is 2.67 bits per heavy atom. The molecule has 0 fully saturated rings. The minimum Gasteiger partial charge on any atom is -0.493 e. The molecule has 0 aliphatic rings. The standard InChI is InChI=1S/C16H23NO4/c1-12-6-5-7-14(10-12)21-9-8-15(18)17(3)11-13(2)16(19)20-4/h5-7,10,13H,8-9,11H2,1-4H3. The minimum atomic E-state index is -0.332. The molecule has 0 saturated heterocycles. The zero-order valence-corrected chi connectivity index (χ0v) is 13.1. The van der Waals surface area contributed by atoms with Gasteiger partial charge in [0.15, 0.2) is 0 Å².